The zero-order valence-electron chi connectivity index (χ0n) is 7.58. The van der Waals surface area contributed by atoms with E-state index in [2.05, 4.69) is 22.4 Å². The van der Waals surface area contributed by atoms with Crippen molar-refractivity contribution in [1.82, 2.24) is 9.80 Å². The zero-order chi connectivity index (χ0) is 8.81. The second-order valence-electron chi connectivity index (χ2n) is 3.20. The van der Waals surface area contributed by atoms with Crippen LogP contribution in [0, 0.1) is 0 Å². The van der Waals surface area contributed by atoms with Crippen molar-refractivity contribution in [2.45, 2.75) is 0 Å². The van der Waals surface area contributed by atoms with Crippen molar-refractivity contribution in [2.75, 3.05) is 51.6 Å². The van der Waals surface area contributed by atoms with Crippen molar-refractivity contribution in [3.63, 3.8) is 0 Å². The van der Waals surface area contributed by atoms with Crippen LogP contribution in [0.2, 0.25) is 0 Å². The molecule has 1 heterocycles. The van der Waals surface area contributed by atoms with E-state index >= 15 is 0 Å². The van der Waals surface area contributed by atoms with Gasteiger partial charge in [-0.25, -0.2) is 0 Å². The highest BCUT2D eigenvalue weighted by atomic mass is 32.1. The highest BCUT2D eigenvalue weighted by Gasteiger charge is 2.14. The Morgan fingerprint density at radius 2 is 1.50 bits per heavy atom. The molecule has 0 aromatic heterocycles. The summed E-state index contributed by atoms with van der Waals surface area (Å²) in [4.78, 5) is 4.88. The molecule has 0 amide bonds. The van der Waals surface area contributed by atoms with E-state index in [9.17, 15) is 0 Å². The molecule has 0 atom stereocenters. The third-order valence-electron chi connectivity index (χ3n) is 2.33. The van der Waals surface area contributed by atoms with Crippen LogP contribution in [0.5, 0.6) is 0 Å². The topological polar surface area (TPSA) is 32.5 Å². The average Bonchev–Trinajstić information content (AvgIpc) is 2.09. The molecule has 0 aliphatic carbocycles. The minimum absolute atomic E-state index is 0.784. The second kappa shape index (κ2) is 5.80. The van der Waals surface area contributed by atoms with Crippen LogP contribution in [-0.2, 0) is 0 Å². The van der Waals surface area contributed by atoms with E-state index in [1.165, 1.54) is 26.2 Å². The van der Waals surface area contributed by atoms with E-state index in [4.69, 9.17) is 5.73 Å². The number of hydrogen-bond donors (Lipinski definition) is 2. The molecule has 0 aromatic carbocycles. The number of nitrogens with two attached hydrogens (primary N) is 1. The zero-order valence-corrected chi connectivity index (χ0v) is 8.47. The standard InChI is InChI=1S/C8H19N3S/c9-1-2-10-3-5-11(6-4-10)7-8-12/h12H,1-9H2. The molecule has 1 rings (SSSR count). The van der Waals surface area contributed by atoms with Gasteiger partial charge in [-0.2, -0.15) is 12.6 Å². The highest BCUT2D eigenvalue weighted by molar-refractivity contribution is 7.80. The summed E-state index contributed by atoms with van der Waals surface area (Å²) in [6.07, 6.45) is 0. The Morgan fingerprint density at radius 3 is 1.92 bits per heavy atom. The molecule has 0 aromatic rings. The smallest absolute Gasteiger partial charge is 0.0110 e. The molecule has 0 spiro atoms. The van der Waals surface area contributed by atoms with E-state index in [1.54, 1.807) is 0 Å². The number of nitrogens with zero attached hydrogens (tertiary/aromatic N) is 2. The van der Waals surface area contributed by atoms with Crippen molar-refractivity contribution >= 4 is 12.6 Å². The summed E-state index contributed by atoms with van der Waals surface area (Å²) < 4.78 is 0. The summed E-state index contributed by atoms with van der Waals surface area (Å²) in [7, 11) is 0. The maximum Gasteiger partial charge on any atom is 0.0110 e. The van der Waals surface area contributed by atoms with Gasteiger partial charge < -0.3 is 5.73 Å². The lowest BCUT2D eigenvalue weighted by Gasteiger charge is -2.34. The highest BCUT2D eigenvalue weighted by Crippen LogP contribution is 2.00. The Balaban J connectivity index is 2.11. The summed E-state index contributed by atoms with van der Waals surface area (Å²) in [5, 5.41) is 0. The number of rotatable bonds is 4. The average molecular weight is 189 g/mol. The lowest BCUT2D eigenvalue weighted by atomic mass is 10.3. The Kier molecular flexibility index (Phi) is 4.99. The monoisotopic (exact) mass is 189 g/mol. The molecule has 0 unspecified atom stereocenters. The van der Waals surface area contributed by atoms with Crippen LogP contribution in [0.25, 0.3) is 0 Å². The summed E-state index contributed by atoms with van der Waals surface area (Å²) in [5.41, 5.74) is 5.49. The molecule has 1 aliphatic rings. The van der Waals surface area contributed by atoms with Gasteiger partial charge in [0, 0.05) is 51.6 Å². The van der Waals surface area contributed by atoms with Crippen LogP contribution in [0.15, 0.2) is 0 Å². The van der Waals surface area contributed by atoms with Gasteiger partial charge in [0.15, 0.2) is 0 Å². The minimum atomic E-state index is 0.784. The Hall–Kier alpha value is 0.230. The van der Waals surface area contributed by atoms with Crippen LogP contribution in [0.1, 0.15) is 0 Å². The lowest BCUT2D eigenvalue weighted by Crippen LogP contribution is -2.48. The van der Waals surface area contributed by atoms with Gasteiger partial charge in [0.1, 0.15) is 0 Å². The van der Waals surface area contributed by atoms with E-state index in [0.717, 1.165) is 25.4 Å². The van der Waals surface area contributed by atoms with Gasteiger partial charge in [0.25, 0.3) is 0 Å². The van der Waals surface area contributed by atoms with Gasteiger partial charge >= 0.3 is 0 Å². The van der Waals surface area contributed by atoms with Crippen LogP contribution in [0.3, 0.4) is 0 Å². The first-order chi connectivity index (χ1) is 5.86. The van der Waals surface area contributed by atoms with Crippen molar-refractivity contribution in [3.8, 4) is 0 Å². The van der Waals surface area contributed by atoms with Gasteiger partial charge in [0.2, 0.25) is 0 Å². The van der Waals surface area contributed by atoms with E-state index in [1.807, 2.05) is 0 Å². The van der Waals surface area contributed by atoms with Crippen LogP contribution < -0.4 is 5.73 Å². The minimum Gasteiger partial charge on any atom is -0.329 e. The van der Waals surface area contributed by atoms with Crippen molar-refractivity contribution in [3.05, 3.63) is 0 Å². The van der Waals surface area contributed by atoms with Crippen molar-refractivity contribution in [2.24, 2.45) is 5.73 Å². The van der Waals surface area contributed by atoms with Gasteiger partial charge in [-0.3, -0.25) is 9.80 Å². The molecule has 3 nitrogen and oxygen atoms in total. The van der Waals surface area contributed by atoms with Gasteiger partial charge in [-0.1, -0.05) is 0 Å². The van der Waals surface area contributed by atoms with E-state index in [0.29, 0.717) is 0 Å². The molecular weight excluding hydrogens is 170 g/mol. The summed E-state index contributed by atoms with van der Waals surface area (Å²) in [6, 6.07) is 0. The number of piperazine rings is 1. The SMILES string of the molecule is NCCN1CCN(CCS)CC1. The Labute approximate surface area is 80.3 Å². The molecule has 72 valence electrons. The fraction of sp³-hybridized carbons (Fsp3) is 1.00. The van der Waals surface area contributed by atoms with Crippen molar-refractivity contribution in [1.29, 1.82) is 0 Å². The molecule has 2 N–H and O–H groups in total. The quantitative estimate of drug-likeness (QED) is 0.585. The molecule has 12 heavy (non-hydrogen) atoms. The predicted octanol–water partition coefficient (Wildman–Crippen LogP) is -0.507. The second-order valence-corrected chi connectivity index (χ2v) is 3.64. The number of thiol groups is 1. The number of hydrogen-bond acceptors (Lipinski definition) is 4. The summed E-state index contributed by atoms with van der Waals surface area (Å²) in [6.45, 7) is 7.66. The summed E-state index contributed by atoms with van der Waals surface area (Å²) >= 11 is 4.22. The first kappa shape index (κ1) is 10.3. The van der Waals surface area contributed by atoms with Gasteiger partial charge in [-0.15, -0.1) is 0 Å². The molecule has 1 fully saturated rings. The first-order valence-corrected chi connectivity index (χ1v) is 5.25. The van der Waals surface area contributed by atoms with Crippen LogP contribution >= 0.6 is 12.6 Å². The normalized spacial score (nSPS) is 21.5. The molecule has 4 heteroatoms. The Bertz CT molecular complexity index is 98.9. The Morgan fingerprint density at radius 1 is 1.00 bits per heavy atom. The maximum atomic E-state index is 5.49. The maximum absolute atomic E-state index is 5.49. The van der Waals surface area contributed by atoms with Gasteiger partial charge in [0.05, 0.1) is 0 Å². The third-order valence-corrected chi connectivity index (χ3v) is 2.53. The largest absolute Gasteiger partial charge is 0.329 e. The molecular formula is C8H19N3S. The molecule has 0 bridgehead atoms. The van der Waals surface area contributed by atoms with Crippen LogP contribution in [-0.4, -0.2) is 61.4 Å². The first-order valence-electron chi connectivity index (χ1n) is 4.62. The molecule has 0 saturated carbocycles. The fourth-order valence-electron chi connectivity index (χ4n) is 1.56. The van der Waals surface area contributed by atoms with E-state index < -0.39 is 0 Å². The molecule has 1 aliphatic heterocycles. The third kappa shape index (κ3) is 3.31. The van der Waals surface area contributed by atoms with Crippen molar-refractivity contribution < 1.29 is 0 Å². The van der Waals surface area contributed by atoms with E-state index in [-0.39, 0.29) is 0 Å². The van der Waals surface area contributed by atoms with Crippen LogP contribution in [0.4, 0.5) is 0 Å². The molecule has 1 saturated heterocycles. The predicted molar refractivity (Wildman–Crippen MR) is 55.8 cm³/mol. The lowest BCUT2D eigenvalue weighted by molar-refractivity contribution is 0.141. The fourth-order valence-corrected chi connectivity index (χ4v) is 1.84. The van der Waals surface area contributed by atoms with Gasteiger partial charge in [-0.05, 0) is 0 Å². The molecule has 0 radical (unpaired) electrons. The summed E-state index contributed by atoms with van der Waals surface area (Å²) in [5.74, 6) is 0.969.